The van der Waals surface area contributed by atoms with Crippen molar-refractivity contribution in [2.75, 3.05) is 0 Å². The third-order valence-corrected chi connectivity index (χ3v) is 15.2. The normalized spacial score (nSPS) is 13.5. The average molecular weight is 899 g/mol. The molecule has 4 aromatic heterocycles. The van der Waals surface area contributed by atoms with Crippen LogP contribution in [0.1, 0.15) is 11.1 Å². The van der Waals surface area contributed by atoms with Crippen molar-refractivity contribution in [3.05, 3.63) is 165 Å². The van der Waals surface area contributed by atoms with Crippen LogP contribution >= 0.6 is 11.3 Å². The summed E-state index contributed by atoms with van der Waals surface area (Å²) in [4.78, 5) is 29.2. The Morgan fingerprint density at radius 3 is 1.31 bits per heavy atom. The van der Waals surface area contributed by atoms with Crippen molar-refractivity contribution in [2.45, 2.75) is 0 Å². The predicted molar refractivity (Wildman–Crippen MR) is 197 cm³/mol. The molecule has 10 rings (SSSR count). The molecule has 9 heteroatoms. The summed E-state index contributed by atoms with van der Waals surface area (Å²) in [5, 5.41) is 0.978. The maximum atomic E-state index is 4.91. The fraction of sp³-hybridized carbons (Fsp3) is 0. The van der Waals surface area contributed by atoms with Crippen LogP contribution in [0.5, 0.6) is 0 Å². The molecule has 0 atom stereocenters. The fourth-order valence-corrected chi connectivity index (χ4v) is 11.9. The van der Waals surface area contributed by atoms with Crippen LogP contribution in [0.2, 0.25) is 0 Å². The van der Waals surface area contributed by atoms with Gasteiger partial charge in [-0.25, -0.2) is 9.97 Å². The van der Waals surface area contributed by atoms with Crippen molar-refractivity contribution in [2.24, 2.45) is 9.98 Å². The molecule has 0 saturated carbocycles. The predicted octanol–water partition coefficient (Wildman–Crippen LogP) is 3.85. The van der Waals surface area contributed by atoms with E-state index >= 15 is 0 Å². The minimum atomic E-state index is -0.384. The monoisotopic (exact) mass is 898 g/mol. The number of nitrogens with zero attached hydrogens (tertiary/aromatic N) is 6. The molecule has 0 amide bonds. The number of rotatable bonds is 6. The number of hydrogen-bond donors (Lipinski definition) is 0. The van der Waals surface area contributed by atoms with Crippen LogP contribution in [0.4, 0.5) is 11.4 Å². The summed E-state index contributed by atoms with van der Waals surface area (Å²) in [6.45, 7) is 0. The summed E-state index contributed by atoms with van der Waals surface area (Å²) in [5.74, 6) is 0. The molecule has 0 aliphatic carbocycles. The Bertz CT molecular complexity index is 2530. The van der Waals surface area contributed by atoms with Crippen LogP contribution in [-0.2, 0) is 0 Å². The van der Waals surface area contributed by atoms with Crippen molar-refractivity contribution in [1.29, 1.82) is 0 Å². The molecule has 8 aromatic rings. The van der Waals surface area contributed by atoms with Crippen LogP contribution in [0, 0.1) is 7.40 Å². The minimum absolute atomic E-state index is 0.384. The van der Waals surface area contributed by atoms with E-state index in [0.29, 0.717) is 0 Å². The molecule has 51 heavy (non-hydrogen) atoms. The molecular formula is C42H24I2N6S-2. The molecule has 0 fully saturated rings. The van der Waals surface area contributed by atoms with E-state index in [4.69, 9.17) is 15.0 Å². The van der Waals surface area contributed by atoms with Crippen molar-refractivity contribution < 1.29 is 42.4 Å². The van der Waals surface area contributed by atoms with E-state index in [-0.39, 0.29) is 42.4 Å². The summed E-state index contributed by atoms with van der Waals surface area (Å²) in [6, 6.07) is 45.3. The molecular weight excluding hydrogens is 874 g/mol. The number of aromatic nitrogens is 4. The molecule has 0 radical (unpaired) electrons. The first-order valence-corrected chi connectivity index (χ1v) is 21.4. The third kappa shape index (κ3) is 5.98. The van der Waals surface area contributed by atoms with Gasteiger partial charge < -0.3 is 0 Å². The van der Waals surface area contributed by atoms with Gasteiger partial charge in [-0.05, 0) is 12.1 Å². The number of pyridine rings is 3. The van der Waals surface area contributed by atoms with Crippen molar-refractivity contribution in [3.63, 3.8) is 0 Å². The van der Waals surface area contributed by atoms with E-state index in [1.807, 2.05) is 42.9 Å². The van der Waals surface area contributed by atoms with Crippen LogP contribution in [0.15, 0.2) is 156 Å². The van der Waals surface area contributed by atoms with Crippen LogP contribution in [-0.4, -0.2) is 27.4 Å². The average Bonchev–Trinajstić information content (AvgIpc) is 3.95. The van der Waals surface area contributed by atoms with E-state index in [0.717, 1.165) is 50.8 Å². The van der Waals surface area contributed by atoms with Gasteiger partial charge in [-0.3, -0.25) is 0 Å². The van der Waals surface area contributed by atoms with E-state index in [2.05, 4.69) is 118 Å². The SMILES string of the molecule is c1cnc2c(c1)N=C(c1ccc(-c3cc(-c4ccc(C5=Nc6cccnc6[I-]5)cc4)cc(-c4ccc(-c5nc6cccnc6s5)cc4)c3)cc1)[I-]2. The second-order valence-electron chi connectivity index (χ2n) is 12.0. The number of fused-ring (bicyclic) bond motifs is 3. The van der Waals surface area contributed by atoms with Gasteiger partial charge >= 0.3 is 266 Å². The van der Waals surface area contributed by atoms with Gasteiger partial charge in [-0.2, -0.15) is 0 Å². The van der Waals surface area contributed by atoms with Crippen LogP contribution < -0.4 is 42.4 Å². The van der Waals surface area contributed by atoms with Gasteiger partial charge in [-0.1, -0.05) is 11.3 Å². The summed E-state index contributed by atoms with van der Waals surface area (Å²) in [6.07, 6.45) is 5.55. The first-order chi connectivity index (χ1) is 25.2. The number of halogens is 2. The molecule has 0 spiro atoms. The van der Waals surface area contributed by atoms with E-state index in [1.54, 1.807) is 11.3 Å². The standard InChI is InChI=1S/C42H24I2N6S/c1-4-34-39(45-19-1)43-37(48-34)28-13-7-25(8-14-28)31-22-32(26-9-15-29(16-10-26)38-44-40-35(49-38)5-2-20-46-40)24-33(23-31)27-11-17-30(18-12-27)41-50-36-6-3-21-47-42(36)51-41/h1-24H/q-2. The zero-order valence-electron chi connectivity index (χ0n) is 26.7. The van der Waals surface area contributed by atoms with E-state index in [9.17, 15) is 0 Å². The van der Waals surface area contributed by atoms with Gasteiger partial charge in [0.05, 0.1) is 0 Å². The van der Waals surface area contributed by atoms with Crippen molar-refractivity contribution >= 4 is 40.5 Å². The van der Waals surface area contributed by atoms with Gasteiger partial charge in [0.25, 0.3) is 0 Å². The molecule has 0 bridgehead atoms. The number of hydrogen-bond acceptors (Lipinski definition) is 7. The van der Waals surface area contributed by atoms with Crippen LogP contribution in [0.25, 0.3) is 54.3 Å². The second kappa shape index (κ2) is 13.0. The van der Waals surface area contributed by atoms with E-state index in [1.165, 1.54) is 40.8 Å². The quantitative estimate of drug-likeness (QED) is 0.188. The Kier molecular flexibility index (Phi) is 7.83. The number of thiazole rings is 1. The summed E-state index contributed by atoms with van der Waals surface area (Å²) in [7, 11) is 0. The summed E-state index contributed by atoms with van der Waals surface area (Å²) in [5.41, 5.74) is 13.4. The molecule has 0 saturated heterocycles. The van der Waals surface area contributed by atoms with Crippen molar-refractivity contribution in [3.8, 4) is 44.0 Å². The van der Waals surface area contributed by atoms with Crippen molar-refractivity contribution in [1.82, 2.24) is 19.9 Å². The Balaban J connectivity index is 1.00. The maximum absolute atomic E-state index is 4.91. The summed E-state index contributed by atoms with van der Waals surface area (Å²) >= 11 is 0.854. The van der Waals surface area contributed by atoms with Gasteiger partial charge in [0, 0.05) is 6.20 Å². The molecule has 6 heterocycles. The molecule has 6 nitrogen and oxygen atoms in total. The summed E-state index contributed by atoms with van der Waals surface area (Å²) < 4.78 is 4.63. The molecule has 2 aliphatic rings. The van der Waals surface area contributed by atoms with Gasteiger partial charge in [0.15, 0.2) is 0 Å². The van der Waals surface area contributed by atoms with Gasteiger partial charge in [-0.15, -0.1) is 0 Å². The van der Waals surface area contributed by atoms with E-state index < -0.39 is 0 Å². The first kappa shape index (κ1) is 30.8. The molecule has 0 unspecified atom stereocenters. The zero-order chi connectivity index (χ0) is 33.7. The molecule has 2 aliphatic heterocycles. The Hall–Kier alpha value is -4.98. The molecule has 244 valence electrons. The topological polar surface area (TPSA) is 76.3 Å². The Labute approximate surface area is 318 Å². The van der Waals surface area contributed by atoms with Gasteiger partial charge in [0.2, 0.25) is 0 Å². The second-order valence-corrected chi connectivity index (χ2v) is 18.1. The Morgan fingerprint density at radius 2 is 0.843 bits per heavy atom. The van der Waals surface area contributed by atoms with Gasteiger partial charge in [0.1, 0.15) is 15.4 Å². The fourth-order valence-electron chi connectivity index (χ4n) is 6.16. The zero-order valence-corrected chi connectivity index (χ0v) is 31.8. The van der Waals surface area contributed by atoms with Crippen LogP contribution in [0.3, 0.4) is 0 Å². The number of aliphatic imine (C=N–C) groups is 2. The first-order valence-electron chi connectivity index (χ1n) is 16.3. The third-order valence-electron chi connectivity index (χ3n) is 8.75. The molecule has 4 aromatic carbocycles. The molecule has 0 N–H and O–H groups in total. The number of benzene rings is 4. The Morgan fingerprint density at radius 1 is 0.412 bits per heavy atom.